The molecule has 17 heavy (non-hydrogen) atoms. The molecule has 1 aliphatic rings. The zero-order valence-corrected chi connectivity index (χ0v) is 12.2. The molecule has 0 aromatic rings. The molecule has 2 unspecified atom stereocenters. The van der Waals surface area contributed by atoms with Crippen molar-refractivity contribution in [2.24, 2.45) is 17.3 Å². The van der Waals surface area contributed by atoms with Crippen LogP contribution >= 0.6 is 0 Å². The first-order chi connectivity index (χ1) is 8.09. The van der Waals surface area contributed by atoms with E-state index in [0.717, 1.165) is 25.0 Å². The van der Waals surface area contributed by atoms with Crippen LogP contribution < -0.4 is 5.32 Å². The Morgan fingerprint density at radius 1 is 1.29 bits per heavy atom. The second-order valence-electron chi connectivity index (χ2n) is 6.37. The van der Waals surface area contributed by atoms with Crippen molar-refractivity contribution in [2.45, 2.75) is 52.9 Å². The predicted octanol–water partition coefficient (Wildman–Crippen LogP) is 3.47. The van der Waals surface area contributed by atoms with Crippen LogP contribution in [0.15, 0.2) is 0 Å². The van der Waals surface area contributed by atoms with Crippen LogP contribution in [-0.4, -0.2) is 26.8 Å². The summed E-state index contributed by atoms with van der Waals surface area (Å²) in [6.45, 7) is 10.3. The second-order valence-corrected chi connectivity index (χ2v) is 6.37. The van der Waals surface area contributed by atoms with E-state index in [2.05, 4.69) is 26.1 Å². The molecule has 1 aliphatic carbocycles. The van der Waals surface area contributed by atoms with E-state index in [-0.39, 0.29) is 0 Å². The van der Waals surface area contributed by atoms with Crippen LogP contribution in [-0.2, 0) is 4.74 Å². The number of nitrogens with one attached hydrogen (secondary N) is 1. The van der Waals surface area contributed by atoms with E-state index in [1.54, 1.807) is 7.11 Å². The average molecular weight is 241 g/mol. The molecule has 0 saturated heterocycles. The van der Waals surface area contributed by atoms with E-state index in [1.165, 1.54) is 38.6 Å². The van der Waals surface area contributed by atoms with Crippen LogP contribution in [0.1, 0.15) is 52.9 Å². The van der Waals surface area contributed by atoms with Gasteiger partial charge >= 0.3 is 0 Å². The Hall–Kier alpha value is -0.0800. The fraction of sp³-hybridized carbons (Fsp3) is 1.00. The van der Waals surface area contributed by atoms with Crippen LogP contribution in [0.25, 0.3) is 0 Å². The van der Waals surface area contributed by atoms with E-state index < -0.39 is 0 Å². The summed E-state index contributed by atoms with van der Waals surface area (Å²) in [5.41, 5.74) is 0.556. The largest absolute Gasteiger partial charge is 0.385 e. The lowest BCUT2D eigenvalue weighted by atomic mass is 9.66. The summed E-state index contributed by atoms with van der Waals surface area (Å²) in [5, 5.41) is 3.53. The number of methoxy groups -OCH3 is 1. The molecule has 2 atom stereocenters. The van der Waals surface area contributed by atoms with Crippen molar-refractivity contribution in [1.82, 2.24) is 5.32 Å². The SMILES string of the molecule is CCNCC1CCC(C)(C)CC1CCCOC. The Kier molecular flexibility index (Phi) is 6.50. The second kappa shape index (κ2) is 7.38. The van der Waals surface area contributed by atoms with Gasteiger partial charge in [0.05, 0.1) is 0 Å². The Morgan fingerprint density at radius 3 is 2.71 bits per heavy atom. The van der Waals surface area contributed by atoms with Gasteiger partial charge in [-0.15, -0.1) is 0 Å². The van der Waals surface area contributed by atoms with Crippen LogP contribution in [0, 0.1) is 17.3 Å². The molecule has 102 valence electrons. The Bertz CT molecular complexity index is 203. The summed E-state index contributed by atoms with van der Waals surface area (Å²) < 4.78 is 5.19. The van der Waals surface area contributed by atoms with Gasteiger partial charge in [0.2, 0.25) is 0 Å². The molecular weight excluding hydrogens is 210 g/mol. The summed E-state index contributed by atoms with van der Waals surface area (Å²) in [5.74, 6) is 1.78. The van der Waals surface area contributed by atoms with Crippen molar-refractivity contribution in [3.8, 4) is 0 Å². The van der Waals surface area contributed by atoms with E-state index >= 15 is 0 Å². The third-order valence-corrected chi connectivity index (χ3v) is 4.25. The van der Waals surface area contributed by atoms with E-state index in [4.69, 9.17) is 4.74 Å². The highest BCUT2D eigenvalue weighted by molar-refractivity contribution is 4.85. The maximum absolute atomic E-state index is 5.19. The molecule has 0 amide bonds. The van der Waals surface area contributed by atoms with Gasteiger partial charge in [0, 0.05) is 13.7 Å². The summed E-state index contributed by atoms with van der Waals surface area (Å²) in [7, 11) is 1.81. The van der Waals surface area contributed by atoms with Gasteiger partial charge in [0.25, 0.3) is 0 Å². The molecule has 1 saturated carbocycles. The molecule has 0 bridgehead atoms. The number of ether oxygens (including phenoxy) is 1. The smallest absolute Gasteiger partial charge is 0.0462 e. The van der Waals surface area contributed by atoms with Gasteiger partial charge in [-0.1, -0.05) is 20.8 Å². The highest BCUT2D eigenvalue weighted by Gasteiger charge is 2.33. The van der Waals surface area contributed by atoms with Crippen LogP contribution in [0.5, 0.6) is 0 Å². The zero-order chi connectivity index (χ0) is 12.7. The van der Waals surface area contributed by atoms with Gasteiger partial charge in [-0.25, -0.2) is 0 Å². The topological polar surface area (TPSA) is 21.3 Å². The van der Waals surface area contributed by atoms with Gasteiger partial charge in [0.15, 0.2) is 0 Å². The summed E-state index contributed by atoms with van der Waals surface area (Å²) in [4.78, 5) is 0. The van der Waals surface area contributed by atoms with Crippen molar-refractivity contribution in [3.05, 3.63) is 0 Å². The highest BCUT2D eigenvalue weighted by Crippen LogP contribution is 2.43. The molecule has 0 aliphatic heterocycles. The van der Waals surface area contributed by atoms with E-state index in [9.17, 15) is 0 Å². The number of rotatable bonds is 7. The van der Waals surface area contributed by atoms with Crippen LogP contribution in [0.2, 0.25) is 0 Å². The van der Waals surface area contributed by atoms with Crippen molar-refractivity contribution < 1.29 is 4.74 Å². The van der Waals surface area contributed by atoms with Crippen molar-refractivity contribution in [2.75, 3.05) is 26.8 Å². The fourth-order valence-corrected chi connectivity index (χ4v) is 3.22. The normalized spacial score (nSPS) is 28.2. The Balaban J connectivity index is 2.43. The maximum Gasteiger partial charge on any atom is 0.0462 e. The molecule has 0 heterocycles. The molecule has 2 heteroatoms. The molecule has 2 nitrogen and oxygen atoms in total. The number of hydrogen-bond donors (Lipinski definition) is 1. The summed E-state index contributed by atoms with van der Waals surface area (Å²) in [6, 6.07) is 0. The van der Waals surface area contributed by atoms with Crippen LogP contribution in [0.4, 0.5) is 0 Å². The lowest BCUT2D eigenvalue weighted by Crippen LogP contribution is -2.36. The van der Waals surface area contributed by atoms with Gasteiger partial charge in [0.1, 0.15) is 0 Å². The van der Waals surface area contributed by atoms with Crippen molar-refractivity contribution in [1.29, 1.82) is 0 Å². The molecule has 0 aromatic carbocycles. The molecule has 0 radical (unpaired) electrons. The minimum atomic E-state index is 0.556. The monoisotopic (exact) mass is 241 g/mol. The molecular formula is C15H31NO. The van der Waals surface area contributed by atoms with E-state index in [1.807, 2.05) is 0 Å². The Morgan fingerprint density at radius 2 is 2.06 bits per heavy atom. The standard InChI is InChI=1S/C15H31NO/c1-5-16-12-14-8-9-15(2,3)11-13(14)7-6-10-17-4/h13-14,16H,5-12H2,1-4H3. The lowest BCUT2D eigenvalue weighted by molar-refractivity contribution is 0.0986. The quantitative estimate of drug-likeness (QED) is 0.689. The minimum Gasteiger partial charge on any atom is -0.385 e. The van der Waals surface area contributed by atoms with Crippen molar-refractivity contribution in [3.63, 3.8) is 0 Å². The maximum atomic E-state index is 5.19. The van der Waals surface area contributed by atoms with Crippen molar-refractivity contribution >= 4 is 0 Å². The summed E-state index contributed by atoms with van der Waals surface area (Å²) >= 11 is 0. The average Bonchev–Trinajstić information content (AvgIpc) is 2.27. The first kappa shape index (κ1) is 15.0. The van der Waals surface area contributed by atoms with Gasteiger partial charge in [-0.05, 0) is 62.4 Å². The predicted molar refractivity (Wildman–Crippen MR) is 74.3 cm³/mol. The zero-order valence-electron chi connectivity index (χ0n) is 12.2. The minimum absolute atomic E-state index is 0.556. The van der Waals surface area contributed by atoms with Gasteiger partial charge in [-0.3, -0.25) is 0 Å². The van der Waals surface area contributed by atoms with Gasteiger partial charge < -0.3 is 10.1 Å². The highest BCUT2D eigenvalue weighted by atomic mass is 16.5. The van der Waals surface area contributed by atoms with Gasteiger partial charge in [-0.2, -0.15) is 0 Å². The van der Waals surface area contributed by atoms with E-state index in [0.29, 0.717) is 5.41 Å². The third kappa shape index (κ3) is 5.39. The lowest BCUT2D eigenvalue weighted by Gasteiger charge is -2.41. The fourth-order valence-electron chi connectivity index (χ4n) is 3.22. The molecule has 1 N–H and O–H groups in total. The molecule has 0 aromatic heterocycles. The Labute approximate surface area is 108 Å². The van der Waals surface area contributed by atoms with Crippen LogP contribution in [0.3, 0.4) is 0 Å². The first-order valence-corrected chi connectivity index (χ1v) is 7.28. The molecule has 1 fully saturated rings. The third-order valence-electron chi connectivity index (χ3n) is 4.25. The first-order valence-electron chi connectivity index (χ1n) is 7.28. The molecule has 0 spiro atoms. The summed E-state index contributed by atoms with van der Waals surface area (Å²) in [6.07, 6.45) is 6.75. The number of hydrogen-bond acceptors (Lipinski definition) is 2. The molecule has 1 rings (SSSR count).